The monoisotopic (exact) mass is 337 g/mol. The Morgan fingerprint density at radius 3 is 2.56 bits per heavy atom. The molecular weight excluding hydrogens is 314 g/mol. The normalized spacial score (nSPS) is 15.6. The Hall–Kier alpha value is -2.82. The first-order valence-electron chi connectivity index (χ1n) is 8.52. The van der Waals surface area contributed by atoms with Crippen molar-refractivity contribution in [1.29, 1.82) is 0 Å². The summed E-state index contributed by atoms with van der Waals surface area (Å²) >= 11 is 0. The van der Waals surface area contributed by atoms with E-state index in [4.69, 9.17) is 0 Å². The third-order valence-corrected chi connectivity index (χ3v) is 4.52. The van der Waals surface area contributed by atoms with Crippen molar-refractivity contribution in [2.45, 2.75) is 25.8 Å². The second-order valence-corrected chi connectivity index (χ2v) is 6.35. The number of nitrogens with one attached hydrogen (secondary N) is 2. The molecule has 1 heterocycles. The van der Waals surface area contributed by atoms with Gasteiger partial charge in [-0.15, -0.1) is 0 Å². The summed E-state index contributed by atoms with van der Waals surface area (Å²) in [5.74, 6) is 0.0458. The molecule has 2 amide bonds. The number of carbonyl (C=O) groups is 2. The summed E-state index contributed by atoms with van der Waals surface area (Å²) in [7, 11) is 1.63. The van der Waals surface area contributed by atoms with Gasteiger partial charge in [0, 0.05) is 24.5 Å². The number of benzene rings is 2. The van der Waals surface area contributed by atoms with Crippen LogP contribution in [0.25, 0.3) is 0 Å². The predicted molar refractivity (Wildman–Crippen MR) is 99.8 cm³/mol. The molecule has 0 saturated heterocycles. The molecule has 1 aliphatic heterocycles. The van der Waals surface area contributed by atoms with Crippen LogP contribution in [0.4, 0.5) is 11.4 Å². The molecule has 1 atom stereocenters. The van der Waals surface area contributed by atoms with Crippen LogP contribution in [0, 0.1) is 0 Å². The van der Waals surface area contributed by atoms with E-state index in [9.17, 15) is 9.59 Å². The van der Waals surface area contributed by atoms with Crippen LogP contribution in [-0.2, 0) is 22.4 Å². The molecule has 3 rings (SSSR count). The summed E-state index contributed by atoms with van der Waals surface area (Å²) in [5, 5.41) is 5.78. The van der Waals surface area contributed by atoms with Crippen LogP contribution in [0.1, 0.15) is 18.1 Å². The number of para-hydroxylation sites is 1. The number of hydrogen-bond acceptors (Lipinski definition) is 3. The van der Waals surface area contributed by atoms with Crippen molar-refractivity contribution in [3.63, 3.8) is 0 Å². The number of fused-ring (bicyclic) bond motifs is 1. The Kier molecular flexibility index (Phi) is 5.03. The first-order valence-corrected chi connectivity index (χ1v) is 8.52. The van der Waals surface area contributed by atoms with Crippen LogP contribution in [0.15, 0.2) is 48.5 Å². The lowest BCUT2D eigenvalue weighted by Crippen LogP contribution is -2.39. The maximum Gasteiger partial charge on any atom is 0.246 e. The van der Waals surface area contributed by atoms with Crippen LogP contribution >= 0.6 is 0 Å². The number of likely N-dealkylation sites (N-methyl/N-ethyl adjacent to an activating group) is 1. The molecule has 130 valence electrons. The van der Waals surface area contributed by atoms with Gasteiger partial charge in [0.2, 0.25) is 11.8 Å². The van der Waals surface area contributed by atoms with E-state index in [0.717, 1.165) is 23.4 Å². The molecule has 0 aromatic heterocycles. The lowest BCUT2D eigenvalue weighted by Gasteiger charge is -2.23. The molecule has 2 aromatic carbocycles. The highest BCUT2D eigenvalue weighted by Gasteiger charge is 2.30. The summed E-state index contributed by atoms with van der Waals surface area (Å²) in [4.78, 5) is 25.9. The summed E-state index contributed by atoms with van der Waals surface area (Å²) < 4.78 is 0. The number of amides is 2. The van der Waals surface area contributed by atoms with Gasteiger partial charge in [0.1, 0.15) is 0 Å². The Morgan fingerprint density at radius 1 is 1.12 bits per heavy atom. The molecule has 2 aromatic rings. The molecule has 25 heavy (non-hydrogen) atoms. The zero-order chi connectivity index (χ0) is 17.8. The molecule has 1 aliphatic rings. The Labute approximate surface area is 148 Å². The quantitative estimate of drug-likeness (QED) is 0.880. The van der Waals surface area contributed by atoms with Crippen molar-refractivity contribution in [3.05, 3.63) is 59.7 Å². The van der Waals surface area contributed by atoms with Crippen molar-refractivity contribution in [3.8, 4) is 0 Å². The van der Waals surface area contributed by atoms with E-state index >= 15 is 0 Å². The average molecular weight is 337 g/mol. The molecule has 0 radical (unpaired) electrons. The van der Waals surface area contributed by atoms with Crippen molar-refractivity contribution < 1.29 is 9.59 Å². The number of anilines is 2. The number of rotatable bonds is 5. The molecule has 5 heteroatoms. The van der Waals surface area contributed by atoms with Gasteiger partial charge >= 0.3 is 0 Å². The fourth-order valence-electron chi connectivity index (χ4n) is 3.22. The number of carbonyl (C=O) groups excluding carboxylic acids is 2. The zero-order valence-electron chi connectivity index (χ0n) is 14.6. The Morgan fingerprint density at radius 2 is 1.84 bits per heavy atom. The van der Waals surface area contributed by atoms with Gasteiger partial charge < -0.3 is 15.5 Å². The summed E-state index contributed by atoms with van der Waals surface area (Å²) in [5.41, 5.74) is 4.05. The van der Waals surface area contributed by atoms with Crippen molar-refractivity contribution >= 4 is 23.2 Å². The minimum atomic E-state index is -0.0161. The second-order valence-electron chi connectivity index (χ2n) is 6.35. The van der Waals surface area contributed by atoms with Gasteiger partial charge in [-0.3, -0.25) is 9.59 Å². The Bertz CT molecular complexity index is 771. The molecule has 5 nitrogen and oxygen atoms in total. The van der Waals surface area contributed by atoms with E-state index in [-0.39, 0.29) is 24.4 Å². The van der Waals surface area contributed by atoms with Crippen LogP contribution in [0.2, 0.25) is 0 Å². The highest BCUT2D eigenvalue weighted by molar-refractivity contribution is 5.98. The fraction of sp³-hybridized carbons (Fsp3) is 0.300. The standard InChI is InChI=1S/C20H23N3O2/c1-14-11-16-5-3-4-6-18(16)23(14)20(25)13-22-17-9-7-15(8-10-17)12-19(24)21-2/h3-10,14,22H,11-13H2,1-2H3,(H,21,24)/t14-/m1/s1. The first kappa shape index (κ1) is 17.0. The summed E-state index contributed by atoms with van der Waals surface area (Å²) in [6, 6.07) is 15.8. The van der Waals surface area contributed by atoms with E-state index in [1.165, 1.54) is 5.56 Å². The van der Waals surface area contributed by atoms with E-state index in [1.807, 2.05) is 47.4 Å². The Balaban J connectivity index is 1.60. The minimum absolute atomic E-state index is 0.0161. The van der Waals surface area contributed by atoms with E-state index in [0.29, 0.717) is 6.42 Å². The highest BCUT2D eigenvalue weighted by Crippen LogP contribution is 2.31. The molecule has 0 fully saturated rings. The third kappa shape index (κ3) is 3.82. The van der Waals surface area contributed by atoms with Gasteiger partial charge in [-0.25, -0.2) is 0 Å². The third-order valence-electron chi connectivity index (χ3n) is 4.52. The maximum atomic E-state index is 12.7. The number of nitrogens with zero attached hydrogens (tertiary/aromatic N) is 1. The fourth-order valence-corrected chi connectivity index (χ4v) is 3.22. The molecule has 0 bridgehead atoms. The van der Waals surface area contributed by atoms with Crippen molar-refractivity contribution in [1.82, 2.24) is 5.32 Å². The van der Waals surface area contributed by atoms with Crippen LogP contribution < -0.4 is 15.5 Å². The largest absolute Gasteiger partial charge is 0.376 e. The zero-order valence-corrected chi connectivity index (χ0v) is 14.6. The lowest BCUT2D eigenvalue weighted by molar-refractivity contribution is -0.120. The SMILES string of the molecule is CNC(=O)Cc1ccc(NCC(=O)N2c3ccccc3C[C@H]2C)cc1. The van der Waals surface area contributed by atoms with E-state index < -0.39 is 0 Å². The van der Waals surface area contributed by atoms with Gasteiger partial charge in [-0.2, -0.15) is 0 Å². The van der Waals surface area contributed by atoms with Crippen LogP contribution in [0.3, 0.4) is 0 Å². The topological polar surface area (TPSA) is 61.4 Å². The van der Waals surface area contributed by atoms with Crippen molar-refractivity contribution in [2.75, 3.05) is 23.8 Å². The van der Waals surface area contributed by atoms with Gasteiger partial charge in [0.15, 0.2) is 0 Å². The van der Waals surface area contributed by atoms with Crippen LogP contribution in [0.5, 0.6) is 0 Å². The van der Waals surface area contributed by atoms with Gasteiger partial charge in [0.05, 0.1) is 13.0 Å². The van der Waals surface area contributed by atoms with E-state index in [2.05, 4.69) is 23.6 Å². The smallest absolute Gasteiger partial charge is 0.246 e. The first-order chi connectivity index (χ1) is 12.1. The van der Waals surface area contributed by atoms with Crippen LogP contribution in [-0.4, -0.2) is 31.4 Å². The molecule has 0 saturated carbocycles. The molecule has 0 unspecified atom stereocenters. The molecular formula is C20H23N3O2. The maximum absolute atomic E-state index is 12.7. The van der Waals surface area contributed by atoms with Gasteiger partial charge in [-0.05, 0) is 42.7 Å². The number of hydrogen-bond donors (Lipinski definition) is 2. The predicted octanol–water partition coefficient (Wildman–Crippen LogP) is 2.36. The molecule has 2 N–H and O–H groups in total. The molecule has 0 spiro atoms. The lowest BCUT2D eigenvalue weighted by atomic mass is 10.1. The average Bonchev–Trinajstić information content (AvgIpc) is 2.96. The van der Waals surface area contributed by atoms with E-state index in [1.54, 1.807) is 7.05 Å². The minimum Gasteiger partial charge on any atom is -0.376 e. The summed E-state index contributed by atoms with van der Waals surface area (Å²) in [6.45, 7) is 2.32. The van der Waals surface area contributed by atoms with Gasteiger partial charge in [0.25, 0.3) is 0 Å². The molecule has 0 aliphatic carbocycles. The van der Waals surface area contributed by atoms with Gasteiger partial charge in [-0.1, -0.05) is 30.3 Å². The van der Waals surface area contributed by atoms with Crippen molar-refractivity contribution in [2.24, 2.45) is 0 Å². The second kappa shape index (κ2) is 7.38. The highest BCUT2D eigenvalue weighted by atomic mass is 16.2. The summed E-state index contributed by atoms with van der Waals surface area (Å²) in [6.07, 6.45) is 1.26.